The minimum absolute atomic E-state index is 0.0298. The van der Waals surface area contributed by atoms with E-state index in [2.05, 4.69) is 6.58 Å². The molecule has 26 heavy (non-hydrogen) atoms. The Morgan fingerprint density at radius 2 is 2.04 bits per heavy atom. The second-order valence-corrected chi connectivity index (χ2v) is 7.48. The molecule has 1 heterocycles. The van der Waals surface area contributed by atoms with Crippen LogP contribution in [0.25, 0.3) is 0 Å². The Hall–Kier alpha value is -2.36. The first kappa shape index (κ1) is 17.1. The van der Waals surface area contributed by atoms with Gasteiger partial charge in [-0.25, -0.2) is 0 Å². The standard InChI is InChI=1S/C22H24O4/c1-2-6-13-7-3-8-14-19(20-15(23)9-4-10-16(20)24)21-17(25)11-5-12-18(21)26-22(13)14/h2-3,7-8,18-19,21,23H,1,4-6,9-12H2/t18-,19-,21+/m1/s1. The maximum atomic E-state index is 12.8. The highest BCUT2D eigenvalue weighted by Crippen LogP contribution is 2.50. The van der Waals surface area contributed by atoms with E-state index < -0.39 is 5.92 Å². The monoisotopic (exact) mass is 352 g/mol. The van der Waals surface area contributed by atoms with Gasteiger partial charge in [0.05, 0.1) is 11.7 Å². The highest BCUT2D eigenvalue weighted by Gasteiger charge is 2.48. The number of hydrogen-bond acceptors (Lipinski definition) is 4. The van der Waals surface area contributed by atoms with E-state index in [9.17, 15) is 14.7 Å². The quantitative estimate of drug-likeness (QED) is 0.828. The van der Waals surface area contributed by atoms with Crippen LogP contribution in [0.4, 0.5) is 0 Å². The van der Waals surface area contributed by atoms with Crippen molar-refractivity contribution >= 4 is 11.6 Å². The normalized spacial score (nSPS) is 28.2. The van der Waals surface area contributed by atoms with Gasteiger partial charge in [-0.3, -0.25) is 9.59 Å². The Morgan fingerprint density at radius 3 is 2.81 bits per heavy atom. The van der Waals surface area contributed by atoms with Crippen molar-refractivity contribution in [3.8, 4) is 5.75 Å². The molecule has 4 rings (SSSR count). The molecule has 0 spiro atoms. The highest BCUT2D eigenvalue weighted by molar-refractivity contribution is 6.00. The molecule has 4 nitrogen and oxygen atoms in total. The molecule has 0 saturated heterocycles. The molecule has 3 atom stereocenters. The Labute approximate surface area is 153 Å². The second kappa shape index (κ2) is 6.75. The third kappa shape index (κ3) is 2.68. The summed E-state index contributed by atoms with van der Waals surface area (Å²) in [6.45, 7) is 3.82. The van der Waals surface area contributed by atoms with Gasteiger partial charge in [-0.15, -0.1) is 6.58 Å². The number of aliphatic hydroxyl groups excluding tert-OH is 1. The number of fused-ring (bicyclic) bond motifs is 2. The van der Waals surface area contributed by atoms with Crippen molar-refractivity contribution in [3.63, 3.8) is 0 Å². The van der Waals surface area contributed by atoms with E-state index in [1.807, 2.05) is 24.3 Å². The molecule has 1 N–H and O–H groups in total. The number of carbonyl (C=O) groups excluding carboxylic acids is 2. The number of allylic oxidation sites excluding steroid dienone is 3. The third-order valence-corrected chi connectivity index (χ3v) is 5.88. The van der Waals surface area contributed by atoms with Crippen LogP contribution in [-0.2, 0) is 16.0 Å². The molecule has 0 unspecified atom stereocenters. The topological polar surface area (TPSA) is 63.6 Å². The average molecular weight is 352 g/mol. The third-order valence-electron chi connectivity index (χ3n) is 5.88. The number of carbonyl (C=O) groups is 2. The minimum Gasteiger partial charge on any atom is -0.512 e. The first-order valence-electron chi connectivity index (χ1n) is 9.49. The molecule has 3 aliphatic rings. The molecule has 1 aromatic rings. The van der Waals surface area contributed by atoms with Gasteiger partial charge in [0.1, 0.15) is 17.6 Å². The van der Waals surface area contributed by atoms with E-state index in [-0.39, 0.29) is 29.3 Å². The number of benzene rings is 1. The highest BCUT2D eigenvalue weighted by atomic mass is 16.5. The summed E-state index contributed by atoms with van der Waals surface area (Å²) in [4.78, 5) is 25.5. The van der Waals surface area contributed by atoms with Crippen molar-refractivity contribution in [1.82, 2.24) is 0 Å². The number of aliphatic hydroxyl groups is 1. The fourth-order valence-electron chi connectivity index (χ4n) is 4.75. The SMILES string of the molecule is C=CCc1cccc2c1O[C@@H]1CCCC(=O)[C@@H]1[C@H]2C1=C(O)CCCC1=O. The lowest BCUT2D eigenvalue weighted by atomic mass is 9.67. The number of Topliss-reactive ketones (excluding diaryl/α,β-unsaturated/α-hetero) is 2. The maximum Gasteiger partial charge on any atom is 0.162 e. The molecule has 1 fully saturated rings. The van der Waals surface area contributed by atoms with E-state index in [1.54, 1.807) is 0 Å². The number of rotatable bonds is 3. The molecule has 2 aliphatic carbocycles. The summed E-state index contributed by atoms with van der Waals surface area (Å²) in [5.74, 6) is 0.267. The van der Waals surface area contributed by atoms with Crippen LogP contribution in [0, 0.1) is 5.92 Å². The minimum atomic E-state index is -0.394. The predicted molar refractivity (Wildman–Crippen MR) is 98.4 cm³/mol. The van der Waals surface area contributed by atoms with Crippen molar-refractivity contribution in [2.45, 2.75) is 57.0 Å². The zero-order valence-corrected chi connectivity index (χ0v) is 14.9. The summed E-state index contributed by atoms with van der Waals surface area (Å²) in [5.41, 5.74) is 2.32. The first-order valence-corrected chi connectivity index (χ1v) is 9.49. The van der Waals surface area contributed by atoms with Gasteiger partial charge in [-0.05, 0) is 31.2 Å². The van der Waals surface area contributed by atoms with Crippen LogP contribution in [-0.4, -0.2) is 22.8 Å². The zero-order chi connectivity index (χ0) is 18.3. The predicted octanol–water partition coefficient (Wildman–Crippen LogP) is 4.19. The largest absolute Gasteiger partial charge is 0.512 e. The van der Waals surface area contributed by atoms with Gasteiger partial charge in [0, 0.05) is 36.3 Å². The molecular formula is C22H24O4. The Bertz CT molecular complexity index is 804. The molecule has 4 heteroatoms. The molecule has 0 bridgehead atoms. The molecule has 0 amide bonds. The summed E-state index contributed by atoms with van der Waals surface area (Å²) >= 11 is 0. The van der Waals surface area contributed by atoms with Gasteiger partial charge in [-0.2, -0.15) is 0 Å². The zero-order valence-electron chi connectivity index (χ0n) is 14.9. The molecule has 0 radical (unpaired) electrons. The van der Waals surface area contributed by atoms with Crippen LogP contribution in [0.5, 0.6) is 5.75 Å². The van der Waals surface area contributed by atoms with Crippen LogP contribution < -0.4 is 4.74 Å². The van der Waals surface area contributed by atoms with E-state index in [4.69, 9.17) is 4.74 Å². The Balaban J connectivity index is 1.92. The molecule has 136 valence electrons. The van der Waals surface area contributed by atoms with Crippen molar-refractivity contribution in [1.29, 1.82) is 0 Å². The average Bonchev–Trinajstić information content (AvgIpc) is 2.62. The van der Waals surface area contributed by atoms with E-state index in [0.29, 0.717) is 37.7 Å². The van der Waals surface area contributed by atoms with E-state index >= 15 is 0 Å². The molecule has 1 aromatic carbocycles. The van der Waals surface area contributed by atoms with E-state index in [1.165, 1.54) is 0 Å². The number of ketones is 2. The molecule has 1 aliphatic heterocycles. The van der Waals surface area contributed by atoms with Crippen LogP contribution in [0.2, 0.25) is 0 Å². The lowest BCUT2D eigenvalue weighted by Crippen LogP contribution is -2.45. The van der Waals surface area contributed by atoms with Gasteiger partial charge in [0.25, 0.3) is 0 Å². The van der Waals surface area contributed by atoms with Crippen molar-refractivity contribution in [3.05, 3.63) is 53.3 Å². The summed E-state index contributed by atoms with van der Waals surface area (Å²) in [5, 5.41) is 10.6. The lowest BCUT2D eigenvalue weighted by molar-refractivity contribution is -0.130. The van der Waals surface area contributed by atoms with Gasteiger partial charge in [0.15, 0.2) is 5.78 Å². The molecule has 1 saturated carbocycles. The summed E-state index contributed by atoms with van der Waals surface area (Å²) in [6, 6.07) is 5.87. The lowest BCUT2D eigenvalue weighted by Gasteiger charge is -2.43. The Kier molecular flexibility index (Phi) is 4.43. The van der Waals surface area contributed by atoms with Crippen molar-refractivity contribution < 1.29 is 19.4 Å². The Morgan fingerprint density at radius 1 is 1.19 bits per heavy atom. The molecule has 0 aromatic heterocycles. The van der Waals surface area contributed by atoms with Crippen molar-refractivity contribution in [2.75, 3.05) is 0 Å². The maximum absolute atomic E-state index is 12.8. The molecular weight excluding hydrogens is 328 g/mol. The number of hydrogen-bond donors (Lipinski definition) is 1. The summed E-state index contributed by atoms with van der Waals surface area (Å²) < 4.78 is 6.30. The van der Waals surface area contributed by atoms with Crippen molar-refractivity contribution in [2.24, 2.45) is 5.92 Å². The summed E-state index contributed by atoms with van der Waals surface area (Å²) in [6.07, 6.45) is 6.01. The fourth-order valence-corrected chi connectivity index (χ4v) is 4.75. The van der Waals surface area contributed by atoms with Crippen LogP contribution in [0.15, 0.2) is 42.2 Å². The number of ether oxygens (including phenoxy) is 1. The van der Waals surface area contributed by atoms with Gasteiger partial charge in [-0.1, -0.05) is 24.3 Å². The van der Waals surface area contributed by atoms with Crippen LogP contribution in [0.3, 0.4) is 0 Å². The van der Waals surface area contributed by atoms with Gasteiger partial charge < -0.3 is 9.84 Å². The van der Waals surface area contributed by atoms with Crippen LogP contribution >= 0.6 is 0 Å². The number of para-hydroxylation sites is 1. The van der Waals surface area contributed by atoms with E-state index in [0.717, 1.165) is 29.7 Å². The smallest absolute Gasteiger partial charge is 0.162 e. The summed E-state index contributed by atoms with van der Waals surface area (Å²) in [7, 11) is 0. The first-order chi connectivity index (χ1) is 12.6. The van der Waals surface area contributed by atoms with Gasteiger partial charge in [0.2, 0.25) is 0 Å². The fraction of sp³-hybridized carbons (Fsp3) is 0.455. The van der Waals surface area contributed by atoms with Crippen LogP contribution in [0.1, 0.15) is 55.6 Å². The second-order valence-electron chi connectivity index (χ2n) is 7.48. The van der Waals surface area contributed by atoms with Gasteiger partial charge >= 0.3 is 0 Å².